The first-order chi connectivity index (χ1) is 21.4. The van der Waals surface area contributed by atoms with Crippen LogP contribution >= 0.6 is 0 Å². The average molecular weight is 591 g/mol. The Morgan fingerprint density at radius 1 is 0.682 bits per heavy atom. The molecule has 4 aromatic carbocycles. The van der Waals surface area contributed by atoms with Crippen molar-refractivity contribution in [3.8, 4) is 5.75 Å². The van der Waals surface area contributed by atoms with Crippen molar-refractivity contribution in [2.75, 3.05) is 6.54 Å². The van der Waals surface area contributed by atoms with Gasteiger partial charge in [-0.3, -0.25) is 19.3 Å². The van der Waals surface area contributed by atoms with Gasteiger partial charge in [-0.2, -0.15) is 0 Å². The first-order valence-corrected chi connectivity index (χ1v) is 13.9. The lowest BCUT2D eigenvalue weighted by Gasteiger charge is -2.45. The number of ether oxygens (including phenoxy) is 3. The summed E-state index contributed by atoms with van der Waals surface area (Å²) in [5, 5.41) is 0. The van der Waals surface area contributed by atoms with Crippen LogP contribution in [0.2, 0.25) is 0 Å². The van der Waals surface area contributed by atoms with Gasteiger partial charge in [0, 0.05) is 0 Å². The van der Waals surface area contributed by atoms with Gasteiger partial charge in [-0.25, -0.2) is 9.59 Å². The number of hydrogen-bond donors (Lipinski definition) is 0. The second kappa shape index (κ2) is 12.2. The molecule has 0 radical (unpaired) electrons. The average Bonchev–Trinajstić information content (AvgIpc) is 3.30. The van der Waals surface area contributed by atoms with Gasteiger partial charge in [0.1, 0.15) is 25.0 Å². The van der Waals surface area contributed by atoms with Crippen LogP contribution in [0, 0.1) is 0 Å². The Morgan fingerprint density at radius 2 is 1.20 bits per heavy atom. The largest absolute Gasteiger partial charge is 0.514 e. The van der Waals surface area contributed by atoms with Gasteiger partial charge < -0.3 is 19.1 Å². The maximum absolute atomic E-state index is 13.5. The van der Waals surface area contributed by atoms with Gasteiger partial charge in [-0.15, -0.1) is 0 Å². The van der Waals surface area contributed by atoms with Crippen LogP contribution in [-0.4, -0.2) is 52.2 Å². The fourth-order valence-corrected chi connectivity index (χ4v) is 5.16. The summed E-state index contributed by atoms with van der Waals surface area (Å²) in [7, 11) is 0. The van der Waals surface area contributed by atoms with Crippen LogP contribution in [0.25, 0.3) is 0 Å². The minimum Gasteiger partial charge on any atom is -0.459 e. The first-order valence-electron chi connectivity index (χ1n) is 13.9. The molecule has 2 unspecified atom stereocenters. The number of esters is 1. The molecule has 2 aliphatic rings. The topological polar surface area (TPSA) is 120 Å². The minimum atomic E-state index is -1.17. The summed E-state index contributed by atoms with van der Waals surface area (Å²) in [6.07, 6.45) is -0.901. The van der Waals surface area contributed by atoms with E-state index in [1.54, 1.807) is 36.4 Å². The molecule has 6 rings (SSSR count). The summed E-state index contributed by atoms with van der Waals surface area (Å²) in [5.74, 6) is -2.19. The number of nitrogens with zero attached hydrogens (tertiary/aromatic N) is 2. The summed E-state index contributed by atoms with van der Waals surface area (Å²) in [6, 6.07) is 28.4. The molecule has 4 aromatic rings. The van der Waals surface area contributed by atoms with Crippen LogP contribution in [0.5, 0.6) is 5.75 Å². The van der Waals surface area contributed by atoms with Crippen LogP contribution in [-0.2, 0) is 32.3 Å². The number of amides is 3. The summed E-state index contributed by atoms with van der Waals surface area (Å²) < 4.78 is 16.0. The standard InChI is InChI=1S/C34H26N2O8/c37-30-26-13-7-8-14-27(26)31(38)36(30)28-19-35(32(28)39)29(33(40)42-20-22-9-3-1-4-10-22)24-15-17-25(18-16-24)44-34(41)43-21-23-11-5-2-6-12-23/h1-18,28-29H,19-21H2. The molecule has 10 nitrogen and oxygen atoms in total. The molecule has 44 heavy (non-hydrogen) atoms. The third-order valence-electron chi connectivity index (χ3n) is 7.43. The van der Waals surface area contributed by atoms with E-state index in [2.05, 4.69) is 0 Å². The molecule has 0 aromatic heterocycles. The predicted octanol–water partition coefficient (Wildman–Crippen LogP) is 4.69. The highest BCUT2D eigenvalue weighted by molar-refractivity contribution is 6.23. The molecule has 2 heterocycles. The Hall–Kier alpha value is -5.77. The van der Waals surface area contributed by atoms with Crippen LogP contribution in [0.15, 0.2) is 109 Å². The molecule has 2 atom stereocenters. The molecule has 1 fully saturated rings. The molecule has 3 amide bonds. The number of carbonyl (C=O) groups is 5. The van der Waals surface area contributed by atoms with E-state index in [4.69, 9.17) is 14.2 Å². The van der Waals surface area contributed by atoms with E-state index in [1.807, 2.05) is 48.5 Å². The number of likely N-dealkylation sites (tertiary alicyclic amines) is 1. The van der Waals surface area contributed by atoms with E-state index < -0.39 is 41.9 Å². The second-order valence-electron chi connectivity index (χ2n) is 10.2. The van der Waals surface area contributed by atoms with Crippen molar-refractivity contribution in [3.05, 3.63) is 137 Å². The van der Waals surface area contributed by atoms with E-state index >= 15 is 0 Å². The zero-order valence-electron chi connectivity index (χ0n) is 23.3. The molecule has 10 heteroatoms. The molecular formula is C34H26N2O8. The minimum absolute atomic E-state index is 0.0194. The van der Waals surface area contributed by atoms with Gasteiger partial charge in [0.2, 0.25) is 5.91 Å². The quantitative estimate of drug-likeness (QED) is 0.119. The zero-order chi connectivity index (χ0) is 30.6. The van der Waals surface area contributed by atoms with Crippen LogP contribution in [0.4, 0.5) is 4.79 Å². The number of rotatable bonds is 9. The van der Waals surface area contributed by atoms with Gasteiger partial charge in [0.15, 0.2) is 6.04 Å². The smallest absolute Gasteiger partial charge is 0.459 e. The Kier molecular flexibility index (Phi) is 7.88. The first kappa shape index (κ1) is 28.4. The summed E-state index contributed by atoms with van der Waals surface area (Å²) in [5.41, 5.74) is 2.43. The van der Waals surface area contributed by atoms with E-state index in [-0.39, 0.29) is 36.6 Å². The highest BCUT2D eigenvalue weighted by atomic mass is 16.7. The third-order valence-corrected chi connectivity index (χ3v) is 7.43. The van der Waals surface area contributed by atoms with Gasteiger partial charge in [0.25, 0.3) is 11.8 Å². The SMILES string of the molecule is O=C(OCc1ccccc1)Oc1ccc(C(C(=O)OCc2ccccc2)N2CC(N3C(=O)c4ccccc4C3=O)C2=O)cc1. The van der Waals surface area contributed by atoms with E-state index in [0.717, 1.165) is 16.0 Å². The summed E-state index contributed by atoms with van der Waals surface area (Å²) in [4.78, 5) is 67.3. The fraction of sp³-hybridized carbons (Fsp3) is 0.147. The predicted molar refractivity (Wildman–Crippen MR) is 155 cm³/mol. The normalized spacial score (nSPS) is 16.2. The number of imide groups is 1. The lowest BCUT2D eigenvalue weighted by molar-refractivity contribution is -0.165. The van der Waals surface area contributed by atoms with Crippen molar-refractivity contribution in [2.24, 2.45) is 0 Å². The lowest BCUT2D eigenvalue weighted by atomic mass is 9.97. The second-order valence-corrected chi connectivity index (χ2v) is 10.2. The molecule has 1 saturated heterocycles. The van der Waals surface area contributed by atoms with Crippen molar-refractivity contribution < 1.29 is 38.2 Å². The Bertz CT molecular complexity index is 1690. The van der Waals surface area contributed by atoms with Gasteiger partial charge >= 0.3 is 12.1 Å². The Balaban J connectivity index is 1.17. The van der Waals surface area contributed by atoms with Crippen molar-refractivity contribution in [3.63, 3.8) is 0 Å². The number of hydrogen-bond acceptors (Lipinski definition) is 8. The van der Waals surface area contributed by atoms with Crippen molar-refractivity contribution in [1.29, 1.82) is 0 Å². The molecule has 0 N–H and O–H groups in total. The van der Waals surface area contributed by atoms with Crippen LogP contribution in [0.3, 0.4) is 0 Å². The highest BCUT2D eigenvalue weighted by Gasteiger charge is 2.53. The fourth-order valence-electron chi connectivity index (χ4n) is 5.16. The van der Waals surface area contributed by atoms with Crippen molar-refractivity contribution in [2.45, 2.75) is 25.3 Å². The number of fused-ring (bicyclic) bond motifs is 1. The number of carbonyl (C=O) groups excluding carboxylic acids is 5. The maximum atomic E-state index is 13.5. The number of benzene rings is 4. The molecule has 0 spiro atoms. The van der Waals surface area contributed by atoms with Crippen molar-refractivity contribution in [1.82, 2.24) is 9.80 Å². The molecule has 0 saturated carbocycles. The monoisotopic (exact) mass is 590 g/mol. The molecule has 0 aliphatic carbocycles. The molecule has 220 valence electrons. The summed E-state index contributed by atoms with van der Waals surface area (Å²) >= 11 is 0. The molecule has 2 aliphatic heterocycles. The van der Waals surface area contributed by atoms with Crippen LogP contribution < -0.4 is 4.74 Å². The van der Waals surface area contributed by atoms with E-state index in [0.29, 0.717) is 5.56 Å². The van der Waals surface area contributed by atoms with Gasteiger partial charge in [-0.1, -0.05) is 84.9 Å². The third kappa shape index (κ3) is 5.65. The maximum Gasteiger partial charge on any atom is 0.514 e. The summed E-state index contributed by atoms with van der Waals surface area (Å²) in [6.45, 7) is -0.0353. The Morgan fingerprint density at radius 3 is 1.75 bits per heavy atom. The van der Waals surface area contributed by atoms with Crippen molar-refractivity contribution >= 4 is 29.8 Å². The Labute approximate surface area is 252 Å². The number of β-lactam (4-membered cyclic amide) rings is 1. The molecular weight excluding hydrogens is 564 g/mol. The zero-order valence-corrected chi connectivity index (χ0v) is 23.3. The highest BCUT2D eigenvalue weighted by Crippen LogP contribution is 2.35. The van der Waals surface area contributed by atoms with E-state index in [1.165, 1.54) is 29.2 Å². The van der Waals surface area contributed by atoms with E-state index in [9.17, 15) is 24.0 Å². The van der Waals surface area contributed by atoms with Gasteiger partial charge in [-0.05, 0) is 41.0 Å². The molecule has 0 bridgehead atoms. The lowest BCUT2D eigenvalue weighted by Crippen LogP contribution is -2.66. The van der Waals surface area contributed by atoms with Crippen LogP contribution in [0.1, 0.15) is 43.4 Å². The van der Waals surface area contributed by atoms with Gasteiger partial charge in [0.05, 0.1) is 17.7 Å².